The Balaban J connectivity index is 1.42. The van der Waals surface area contributed by atoms with Crippen LogP contribution in [-0.4, -0.2) is 29.4 Å². The molecule has 1 aliphatic heterocycles. The summed E-state index contributed by atoms with van der Waals surface area (Å²) in [5.41, 5.74) is 7.51. The SMILES string of the molecule is CSCCCOc1cc(C)c(-c2cccc3c2CCC3Oc2cc3c(cn2)CCS3)c(C)c1F. The number of nitrogens with zero attached hydrogens (tertiary/aromatic N) is 1. The van der Waals surface area contributed by atoms with E-state index in [1.807, 2.05) is 37.9 Å². The first-order valence-electron chi connectivity index (χ1n) is 11.9. The quantitative estimate of drug-likeness (QED) is 0.305. The van der Waals surface area contributed by atoms with Crippen molar-refractivity contribution in [1.82, 2.24) is 4.98 Å². The van der Waals surface area contributed by atoms with Gasteiger partial charge in [0.25, 0.3) is 0 Å². The second-order valence-corrected chi connectivity index (χ2v) is 11.1. The van der Waals surface area contributed by atoms with Crippen LogP contribution in [0.15, 0.2) is 41.4 Å². The zero-order chi connectivity index (χ0) is 23.7. The molecule has 178 valence electrons. The van der Waals surface area contributed by atoms with Gasteiger partial charge in [-0.3, -0.25) is 0 Å². The zero-order valence-electron chi connectivity index (χ0n) is 19.9. The van der Waals surface area contributed by atoms with E-state index in [2.05, 4.69) is 35.5 Å². The van der Waals surface area contributed by atoms with Crippen molar-refractivity contribution in [1.29, 1.82) is 0 Å². The third kappa shape index (κ3) is 4.55. The highest BCUT2D eigenvalue weighted by Gasteiger charge is 2.29. The van der Waals surface area contributed by atoms with E-state index in [0.29, 0.717) is 23.8 Å². The predicted molar refractivity (Wildman–Crippen MR) is 140 cm³/mol. The predicted octanol–water partition coefficient (Wildman–Crippen LogP) is 7.35. The lowest BCUT2D eigenvalue weighted by molar-refractivity contribution is 0.198. The van der Waals surface area contributed by atoms with Gasteiger partial charge < -0.3 is 9.47 Å². The minimum atomic E-state index is -0.256. The molecule has 3 aromatic rings. The first kappa shape index (κ1) is 23.6. The fourth-order valence-electron chi connectivity index (χ4n) is 5.05. The van der Waals surface area contributed by atoms with E-state index in [4.69, 9.17) is 9.47 Å². The first-order chi connectivity index (χ1) is 16.6. The maximum absolute atomic E-state index is 15.3. The molecule has 1 aromatic heterocycles. The molecule has 0 radical (unpaired) electrons. The highest BCUT2D eigenvalue weighted by atomic mass is 32.2. The smallest absolute Gasteiger partial charge is 0.214 e. The molecule has 1 aliphatic carbocycles. The maximum atomic E-state index is 15.3. The zero-order valence-corrected chi connectivity index (χ0v) is 21.6. The highest BCUT2D eigenvalue weighted by molar-refractivity contribution is 7.99. The Morgan fingerprint density at radius 2 is 2.09 bits per heavy atom. The summed E-state index contributed by atoms with van der Waals surface area (Å²) in [4.78, 5) is 5.84. The summed E-state index contributed by atoms with van der Waals surface area (Å²) in [6, 6.07) is 10.2. The number of pyridine rings is 1. The summed E-state index contributed by atoms with van der Waals surface area (Å²) in [5, 5.41) is 0. The van der Waals surface area contributed by atoms with Gasteiger partial charge in [0.2, 0.25) is 5.88 Å². The highest BCUT2D eigenvalue weighted by Crippen LogP contribution is 2.43. The summed E-state index contributed by atoms with van der Waals surface area (Å²) in [5.74, 6) is 2.92. The Labute approximate surface area is 209 Å². The number of thioether (sulfide) groups is 2. The molecule has 1 atom stereocenters. The van der Waals surface area contributed by atoms with Crippen LogP contribution in [0.25, 0.3) is 11.1 Å². The third-order valence-electron chi connectivity index (χ3n) is 6.71. The van der Waals surface area contributed by atoms with E-state index >= 15 is 4.39 Å². The second kappa shape index (κ2) is 10.2. The van der Waals surface area contributed by atoms with Crippen molar-refractivity contribution in [3.05, 3.63) is 70.2 Å². The van der Waals surface area contributed by atoms with Crippen molar-refractivity contribution < 1.29 is 13.9 Å². The van der Waals surface area contributed by atoms with Crippen molar-refractivity contribution in [2.75, 3.05) is 24.4 Å². The van der Waals surface area contributed by atoms with Crippen LogP contribution < -0.4 is 9.47 Å². The number of hydrogen-bond acceptors (Lipinski definition) is 5. The van der Waals surface area contributed by atoms with Crippen LogP contribution in [0.2, 0.25) is 0 Å². The number of aryl methyl sites for hydroxylation is 2. The van der Waals surface area contributed by atoms with Gasteiger partial charge in [-0.1, -0.05) is 18.2 Å². The molecule has 0 bridgehead atoms. The minimum absolute atomic E-state index is 0.0311. The van der Waals surface area contributed by atoms with Crippen molar-refractivity contribution in [2.45, 2.75) is 50.5 Å². The monoisotopic (exact) mass is 495 g/mol. The van der Waals surface area contributed by atoms with E-state index in [1.165, 1.54) is 21.6 Å². The molecular weight excluding hydrogens is 465 g/mol. The van der Waals surface area contributed by atoms with Crippen molar-refractivity contribution in [3.8, 4) is 22.8 Å². The molecule has 0 saturated heterocycles. The van der Waals surface area contributed by atoms with E-state index in [1.54, 1.807) is 11.8 Å². The van der Waals surface area contributed by atoms with Crippen LogP contribution in [-0.2, 0) is 12.8 Å². The van der Waals surface area contributed by atoms with Gasteiger partial charge >= 0.3 is 0 Å². The number of halogens is 1. The average molecular weight is 496 g/mol. The van der Waals surface area contributed by atoms with Gasteiger partial charge in [-0.15, -0.1) is 11.8 Å². The Morgan fingerprint density at radius 3 is 2.94 bits per heavy atom. The van der Waals surface area contributed by atoms with Gasteiger partial charge in [-0.25, -0.2) is 9.37 Å². The number of ether oxygens (including phenoxy) is 2. The Morgan fingerprint density at radius 1 is 1.21 bits per heavy atom. The minimum Gasteiger partial charge on any atom is -0.490 e. The fraction of sp³-hybridized carbons (Fsp3) is 0.393. The summed E-state index contributed by atoms with van der Waals surface area (Å²) >= 11 is 3.65. The van der Waals surface area contributed by atoms with Crippen LogP contribution >= 0.6 is 23.5 Å². The van der Waals surface area contributed by atoms with Crippen molar-refractivity contribution in [2.24, 2.45) is 0 Å². The molecule has 0 spiro atoms. The van der Waals surface area contributed by atoms with E-state index < -0.39 is 0 Å². The summed E-state index contributed by atoms with van der Waals surface area (Å²) in [6.07, 6.45) is 7.79. The normalized spacial score (nSPS) is 16.4. The van der Waals surface area contributed by atoms with Crippen LogP contribution in [0, 0.1) is 19.7 Å². The number of benzene rings is 2. The van der Waals surface area contributed by atoms with Gasteiger partial charge in [0.1, 0.15) is 6.10 Å². The molecule has 2 aliphatic rings. The first-order valence-corrected chi connectivity index (χ1v) is 14.3. The summed E-state index contributed by atoms with van der Waals surface area (Å²) in [7, 11) is 0. The van der Waals surface area contributed by atoms with E-state index in [0.717, 1.165) is 53.9 Å². The lowest BCUT2D eigenvalue weighted by Crippen LogP contribution is -2.06. The molecule has 2 heterocycles. The average Bonchev–Trinajstić information content (AvgIpc) is 3.47. The standard InChI is InChI=1S/C28H30FNO2S2/c1-17-14-24(31-11-5-12-33-3)28(29)18(2)27(17)22-7-4-6-21-20(22)8-9-23(21)32-26-15-25-19(16-30-26)10-13-34-25/h4,6-7,14-16,23H,5,8-13H2,1-3H3. The van der Waals surface area contributed by atoms with Crippen molar-refractivity contribution >= 4 is 23.5 Å². The summed E-state index contributed by atoms with van der Waals surface area (Å²) in [6.45, 7) is 4.44. The summed E-state index contributed by atoms with van der Waals surface area (Å²) < 4.78 is 27.4. The van der Waals surface area contributed by atoms with Gasteiger partial charge in [0, 0.05) is 22.9 Å². The number of fused-ring (bicyclic) bond motifs is 2. The number of aromatic nitrogens is 1. The molecule has 1 unspecified atom stereocenters. The van der Waals surface area contributed by atoms with Gasteiger partial charge in [-0.05, 0) is 96.5 Å². The molecule has 0 saturated carbocycles. The van der Waals surface area contributed by atoms with Gasteiger partial charge in [-0.2, -0.15) is 11.8 Å². The van der Waals surface area contributed by atoms with Gasteiger partial charge in [0.15, 0.2) is 11.6 Å². The lowest BCUT2D eigenvalue weighted by Gasteiger charge is -2.19. The van der Waals surface area contributed by atoms with Crippen LogP contribution in [0.5, 0.6) is 11.6 Å². The molecule has 0 amide bonds. The molecular formula is C28H30FNO2S2. The topological polar surface area (TPSA) is 31.4 Å². The van der Waals surface area contributed by atoms with Crippen molar-refractivity contribution in [3.63, 3.8) is 0 Å². The van der Waals surface area contributed by atoms with E-state index in [9.17, 15) is 0 Å². The molecule has 34 heavy (non-hydrogen) atoms. The van der Waals surface area contributed by atoms with Gasteiger partial charge in [0.05, 0.1) is 6.61 Å². The largest absolute Gasteiger partial charge is 0.490 e. The lowest BCUT2D eigenvalue weighted by atomic mass is 9.90. The molecule has 0 N–H and O–H groups in total. The van der Waals surface area contributed by atoms with Crippen LogP contribution in [0.1, 0.15) is 46.8 Å². The third-order valence-corrected chi connectivity index (χ3v) is 8.50. The molecule has 3 nitrogen and oxygen atoms in total. The van der Waals surface area contributed by atoms with Crippen LogP contribution in [0.4, 0.5) is 4.39 Å². The molecule has 6 heteroatoms. The molecule has 2 aromatic carbocycles. The molecule has 5 rings (SSSR count). The fourth-order valence-corrected chi connectivity index (χ4v) is 6.52. The van der Waals surface area contributed by atoms with E-state index in [-0.39, 0.29) is 11.9 Å². The number of rotatable bonds is 8. The Kier molecular flexibility index (Phi) is 7.07. The number of hydrogen-bond donors (Lipinski definition) is 0. The van der Waals surface area contributed by atoms with Crippen LogP contribution in [0.3, 0.4) is 0 Å². The molecule has 0 fully saturated rings. The second-order valence-electron chi connectivity index (χ2n) is 8.95. The Hall–Kier alpha value is -2.18. The maximum Gasteiger partial charge on any atom is 0.214 e. The Bertz CT molecular complexity index is 1210.